The SMILES string of the molecule is O=C1C=CC(O)(CC(=O)OC[C@H]2O[C@@H](O)[C@H](OC(=O)C=Cc3ccc(O)cc3)[C@@H](O)[C@@H]2O)C=C1. The van der Waals surface area contributed by atoms with Crippen molar-refractivity contribution in [3.63, 3.8) is 0 Å². The molecule has 0 spiro atoms. The number of aliphatic hydroxyl groups is 4. The predicted octanol–water partition coefficient (Wildman–Crippen LogP) is -0.884. The Morgan fingerprint density at radius 2 is 1.71 bits per heavy atom. The molecule has 1 fully saturated rings. The third-order valence-corrected chi connectivity index (χ3v) is 5.13. The van der Waals surface area contributed by atoms with E-state index in [1.165, 1.54) is 18.2 Å². The number of aliphatic hydroxyl groups excluding tert-OH is 3. The molecule has 182 valence electrons. The minimum atomic E-state index is -1.83. The second-order valence-corrected chi connectivity index (χ2v) is 7.79. The maximum atomic E-state index is 12.0. The lowest BCUT2D eigenvalue weighted by atomic mass is 9.94. The van der Waals surface area contributed by atoms with Crippen molar-refractivity contribution in [2.24, 2.45) is 0 Å². The molecule has 1 heterocycles. The van der Waals surface area contributed by atoms with Gasteiger partial charge in [-0.2, -0.15) is 0 Å². The second kappa shape index (κ2) is 10.7. The number of aromatic hydroxyl groups is 1. The van der Waals surface area contributed by atoms with E-state index in [1.54, 1.807) is 12.1 Å². The van der Waals surface area contributed by atoms with Gasteiger partial charge in [0.05, 0.1) is 6.42 Å². The summed E-state index contributed by atoms with van der Waals surface area (Å²) in [5, 5.41) is 50.2. The highest BCUT2D eigenvalue weighted by Crippen LogP contribution is 2.24. The Labute approximate surface area is 193 Å². The quantitative estimate of drug-likeness (QED) is 0.243. The van der Waals surface area contributed by atoms with Crippen LogP contribution in [0.2, 0.25) is 0 Å². The fraction of sp³-hybridized carbons (Fsp3) is 0.348. The monoisotopic (exact) mass is 476 g/mol. The van der Waals surface area contributed by atoms with E-state index in [0.29, 0.717) is 5.56 Å². The predicted molar refractivity (Wildman–Crippen MR) is 114 cm³/mol. The average Bonchev–Trinajstić information content (AvgIpc) is 2.80. The summed E-state index contributed by atoms with van der Waals surface area (Å²) in [7, 11) is 0. The lowest BCUT2D eigenvalue weighted by Crippen LogP contribution is -2.60. The number of esters is 2. The van der Waals surface area contributed by atoms with E-state index in [0.717, 1.165) is 30.4 Å². The van der Waals surface area contributed by atoms with Crippen molar-refractivity contribution in [3.8, 4) is 5.75 Å². The standard InChI is InChI=1S/C23H24O11/c24-14-4-1-13(2-5-14)3-6-17(26)34-21-20(29)19(28)16(33-22(21)30)12-32-18(27)11-23(31)9-7-15(25)8-10-23/h1-10,16,19-22,24,28-31H,11-12H2/t16-,19-,20+,21-,22-/m1/s1. The molecule has 1 aromatic rings. The molecule has 5 N–H and O–H groups in total. The molecule has 3 rings (SSSR count). The maximum absolute atomic E-state index is 12.0. The molecule has 0 aromatic heterocycles. The number of hydrogen-bond donors (Lipinski definition) is 5. The molecule has 11 nitrogen and oxygen atoms in total. The molecule has 0 amide bonds. The van der Waals surface area contributed by atoms with Crippen molar-refractivity contribution in [2.75, 3.05) is 6.61 Å². The lowest BCUT2D eigenvalue weighted by molar-refractivity contribution is -0.290. The van der Waals surface area contributed by atoms with E-state index in [4.69, 9.17) is 14.2 Å². The Kier molecular flexibility index (Phi) is 7.97. The third kappa shape index (κ3) is 6.59. The number of phenolic OH excluding ortho intramolecular Hbond substituents is 1. The summed E-state index contributed by atoms with van der Waals surface area (Å²) in [4.78, 5) is 35.2. The van der Waals surface area contributed by atoms with Crippen LogP contribution in [-0.2, 0) is 28.6 Å². The number of rotatable bonds is 7. The van der Waals surface area contributed by atoms with Gasteiger partial charge < -0.3 is 39.7 Å². The molecule has 0 saturated carbocycles. The third-order valence-electron chi connectivity index (χ3n) is 5.13. The Morgan fingerprint density at radius 3 is 2.35 bits per heavy atom. The van der Waals surface area contributed by atoms with Crippen LogP contribution in [0.5, 0.6) is 5.75 Å². The number of benzene rings is 1. The first kappa shape index (κ1) is 25.3. The summed E-state index contributed by atoms with van der Waals surface area (Å²) in [6, 6.07) is 5.92. The van der Waals surface area contributed by atoms with E-state index < -0.39 is 61.3 Å². The number of phenols is 1. The number of allylic oxidation sites excluding steroid dienone is 2. The highest BCUT2D eigenvalue weighted by molar-refractivity contribution is 6.00. The Bertz CT molecular complexity index is 979. The average molecular weight is 476 g/mol. The van der Waals surface area contributed by atoms with Crippen molar-refractivity contribution in [1.82, 2.24) is 0 Å². The van der Waals surface area contributed by atoms with Crippen molar-refractivity contribution in [3.05, 3.63) is 60.2 Å². The van der Waals surface area contributed by atoms with Gasteiger partial charge in [0.2, 0.25) is 0 Å². The molecular formula is C23H24O11. The maximum Gasteiger partial charge on any atom is 0.331 e. The van der Waals surface area contributed by atoms with Gasteiger partial charge in [0, 0.05) is 6.08 Å². The number of ketones is 1. The minimum Gasteiger partial charge on any atom is -0.508 e. The zero-order valence-corrected chi connectivity index (χ0v) is 17.8. The number of hydrogen-bond acceptors (Lipinski definition) is 11. The van der Waals surface area contributed by atoms with Crippen LogP contribution < -0.4 is 0 Å². The largest absolute Gasteiger partial charge is 0.508 e. The van der Waals surface area contributed by atoms with E-state index in [9.17, 15) is 39.9 Å². The minimum absolute atomic E-state index is 0.0505. The summed E-state index contributed by atoms with van der Waals surface area (Å²) in [6.07, 6.45) is -1.83. The number of ether oxygens (including phenoxy) is 3. The molecule has 2 aliphatic rings. The molecule has 0 bridgehead atoms. The molecule has 1 aliphatic carbocycles. The molecule has 5 atom stereocenters. The summed E-state index contributed by atoms with van der Waals surface area (Å²) in [5.41, 5.74) is -1.13. The number of carbonyl (C=O) groups is 3. The van der Waals surface area contributed by atoms with Gasteiger partial charge in [0.1, 0.15) is 36.3 Å². The van der Waals surface area contributed by atoms with Crippen LogP contribution in [0.25, 0.3) is 6.08 Å². The fourth-order valence-corrected chi connectivity index (χ4v) is 3.25. The van der Waals surface area contributed by atoms with E-state index in [2.05, 4.69) is 0 Å². The fourth-order valence-electron chi connectivity index (χ4n) is 3.25. The molecule has 1 saturated heterocycles. The molecule has 0 unspecified atom stereocenters. The first-order valence-electron chi connectivity index (χ1n) is 10.2. The normalized spacial score (nSPS) is 28.1. The van der Waals surface area contributed by atoms with Gasteiger partial charge >= 0.3 is 11.9 Å². The topological polar surface area (TPSA) is 180 Å². The van der Waals surface area contributed by atoms with Gasteiger partial charge in [-0.25, -0.2) is 4.79 Å². The highest BCUT2D eigenvalue weighted by atomic mass is 16.7. The van der Waals surface area contributed by atoms with Crippen molar-refractivity contribution in [1.29, 1.82) is 0 Å². The highest BCUT2D eigenvalue weighted by Gasteiger charge is 2.46. The Balaban J connectivity index is 1.50. The van der Waals surface area contributed by atoms with Crippen molar-refractivity contribution in [2.45, 2.75) is 42.7 Å². The van der Waals surface area contributed by atoms with E-state index >= 15 is 0 Å². The first-order chi connectivity index (χ1) is 16.1. The van der Waals surface area contributed by atoms with Gasteiger partial charge in [-0.05, 0) is 48.1 Å². The Hall–Kier alpha value is -3.35. The number of carbonyl (C=O) groups excluding carboxylic acids is 3. The lowest BCUT2D eigenvalue weighted by Gasteiger charge is -2.39. The summed E-state index contributed by atoms with van der Waals surface area (Å²) in [6.45, 7) is -0.571. The van der Waals surface area contributed by atoms with Crippen LogP contribution in [0.1, 0.15) is 12.0 Å². The van der Waals surface area contributed by atoms with Crippen molar-refractivity contribution >= 4 is 23.8 Å². The summed E-state index contributed by atoms with van der Waals surface area (Å²) in [5.74, 6) is -2.11. The van der Waals surface area contributed by atoms with E-state index in [1.807, 2.05) is 0 Å². The molecule has 0 radical (unpaired) electrons. The van der Waals surface area contributed by atoms with Crippen molar-refractivity contribution < 1.29 is 54.1 Å². The smallest absolute Gasteiger partial charge is 0.331 e. The van der Waals surface area contributed by atoms with Crippen LogP contribution in [0, 0.1) is 0 Å². The van der Waals surface area contributed by atoms with Crippen LogP contribution in [0.4, 0.5) is 0 Å². The molecule has 11 heteroatoms. The van der Waals surface area contributed by atoms with Crippen LogP contribution in [0.15, 0.2) is 54.6 Å². The van der Waals surface area contributed by atoms with Gasteiger partial charge in [-0.15, -0.1) is 0 Å². The van der Waals surface area contributed by atoms with Gasteiger partial charge in [-0.3, -0.25) is 9.59 Å². The zero-order valence-electron chi connectivity index (χ0n) is 17.8. The second-order valence-electron chi connectivity index (χ2n) is 7.79. The van der Waals surface area contributed by atoms with E-state index in [-0.39, 0.29) is 11.5 Å². The first-order valence-corrected chi connectivity index (χ1v) is 10.2. The van der Waals surface area contributed by atoms with Crippen LogP contribution in [-0.4, -0.2) is 86.2 Å². The molecule has 34 heavy (non-hydrogen) atoms. The molecular weight excluding hydrogens is 452 g/mol. The van der Waals surface area contributed by atoms with Gasteiger partial charge in [-0.1, -0.05) is 12.1 Å². The van der Waals surface area contributed by atoms with Gasteiger partial charge in [0.15, 0.2) is 18.2 Å². The summed E-state index contributed by atoms with van der Waals surface area (Å²) < 4.78 is 15.1. The zero-order chi connectivity index (χ0) is 24.9. The van der Waals surface area contributed by atoms with Gasteiger partial charge in [0.25, 0.3) is 0 Å². The van der Waals surface area contributed by atoms with Crippen LogP contribution in [0.3, 0.4) is 0 Å². The molecule has 1 aliphatic heterocycles. The van der Waals surface area contributed by atoms with Crippen LogP contribution >= 0.6 is 0 Å². The molecule has 1 aromatic carbocycles. The summed E-state index contributed by atoms with van der Waals surface area (Å²) >= 11 is 0. The Morgan fingerprint density at radius 1 is 1.06 bits per heavy atom.